The molecule has 7 nitrogen and oxygen atoms in total. The van der Waals surface area contributed by atoms with E-state index in [0.29, 0.717) is 0 Å². The summed E-state index contributed by atoms with van der Waals surface area (Å²) in [6.45, 7) is 4.26. The van der Waals surface area contributed by atoms with Crippen LogP contribution >= 0.6 is 0 Å². The van der Waals surface area contributed by atoms with Gasteiger partial charge in [0.25, 0.3) is 5.91 Å². The second kappa shape index (κ2) is 7.04. The molecule has 0 spiro atoms. The van der Waals surface area contributed by atoms with Gasteiger partial charge in [0.2, 0.25) is 0 Å². The minimum Gasteiger partial charge on any atom is -0.480 e. The van der Waals surface area contributed by atoms with Crippen molar-refractivity contribution < 1.29 is 19.4 Å². The zero-order valence-corrected chi connectivity index (χ0v) is 12.2. The molecule has 0 aromatic carbocycles. The number of aliphatic carboxylic acids is 1. The number of hydrogen-bond donors (Lipinski definition) is 2. The summed E-state index contributed by atoms with van der Waals surface area (Å²) in [5.41, 5.74) is 1.14. The highest BCUT2D eigenvalue weighted by Crippen LogP contribution is 2.14. The molecule has 1 atom stereocenters. The molecule has 0 aliphatic carbocycles. The summed E-state index contributed by atoms with van der Waals surface area (Å²) in [7, 11) is 3.24. The van der Waals surface area contributed by atoms with Crippen LogP contribution in [0.4, 0.5) is 0 Å². The van der Waals surface area contributed by atoms with Gasteiger partial charge >= 0.3 is 5.97 Å². The van der Waals surface area contributed by atoms with Gasteiger partial charge in [-0.2, -0.15) is 5.10 Å². The summed E-state index contributed by atoms with van der Waals surface area (Å²) < 4.78 is 6.46. The first-order valence-electron chi connectivity index (χ1n) is 6.43. The van der Waals surface area contributed by atoms with Crippen LogP contribution in [0.3, 0.4) is 0 Å². The van der Waals surface area contributed by atoms with Gasteiger partial charge < -0.3 is 15.2 Å². The Morgan fingerprint density at radius 2 is 2.15 bits per heavy atom. The van der Waals surface area contributed by atoms with Crippen molar-refractivity contribution >= 4 is 11.9 Å². The summed E-state index contributed by atoms with van der Waals surface area (Å²) in [6.07, 6.45) is 0.210. The normalized spacial score (nSPS) is 12.4. The number of rotatable bonds is 7. The van der Waals surface area contributed by atoms with Crippen molar-refractivity contribution in [3.63, 3.8) is 0 Å². The average Bonchev–Trinajstić information content (AvgIpc) is 2.76. The molecule has 20 heavy (non-hydrogen) atoms. The number of carbonyl (C=O) groups excluding carboxylic acids is 1. The van der Waals surface area contributed by atoms with Crippen molar-refractivity contribution in [2.24, 2.45) is 7.05 Å². The van der Waals surface area contributed by atoms with Gasteiger partial charge in [0.15, 0.2) is 0 Å². The number of nitrogens with zero attached hydrogens (tertiary/aromatic N) is 2. The number of nitrogens with one attached hydrogen (secondary N) is 1. The lowest BCUT2D eigenvalue weighted by molar-refractivity contribution is -0.139. The fourth-order valence-electron chi connectivity index (χ4n) is 1.86. The largest absolute Gasteiger partial charge is 0.480 e. The number of carbonyl (C=O) groups is 2. The number of hydrogen-bond acceptors (Lipinski definition) is 4. The molecule has 1 aromatic rings. The van der Waals surface area contributed by atoms with E-state index in [2.05, 4.69) is 10.4 Å². The van der Waals surface area contributed by atoms with E-state index < -0.39 is 17.9 Å². The molecule has 1 unspecified atom stereocenters. The van der Waals surface area contributed by atoms with Crippen LogP contribution < -0.4 is 5.32 Å². The zero-order chi connectivity index (χ0) is 15.3. The van der Waals surface area contributed by atoms with E-state index in [1.54, 1.807) is 17.8 Å². The molecule has 0 radical (unpaired) electrons. The number of aromatic nitrogens is 2. The van der Waals surface area contributed by atoms with Gasteiger partial charge in [-0.1, -0.05) is 13.8 Å². The van der Waals surface area contributed by atoms with E-state index in [-0.39, 0.29) is 24.6 Å². The highest BCUT2D eigenvalue weighted by molar-refractivity contribution is 5.95. The van der Waals surface area contributed by atoms with Crippen LogP contribution in [0, 0.1) is 0 Å². The Morgan fingerprint density at radius 1 is 1.50 bits per heavy atom. The minimum absolute atomic E-state index is 0.210. The third-order valence-electron chi connectivity index (χ3n) is 2.95. The molecule has 7 heteroatoms. The quantitative estimate of drug-likeness (QED) is 0.770. The van der Waals surface area contributed by atoms with Gasteiger partial charge in [0.05, 0.1) is 0 Å². The molecular weight excluding hydrogens is 262 g/mol. The number of amides is 1. The molecule has 0 fully saturated rings. The molecule has 1 rings (SSSR count). The van der Waals surface area contributed by atoms with Crippen molar-refractivity contribution in [1.82, 2.24) is 15.1 Å². The van der Waals surface area contributed by atoms with Crippen LogP contribution in [0.1, 0.15) is 42.4 Å². The maximum absolute atomic E-state index is 12.0. The Morgan fingerprint density at radius 3 is 2.60 bits per heavy atom. The van der Waals surface area contributed by atoms with E-state index in [9.17, 15) is 9.59 Å². The number of carboxylic acid groups (broad SMARTS) is 1. The fraction of sp³-hybridized carbons (Fsp3) is 0.615. The van der Waals surface area contributed by atoms with Gasteiger partial charge in [0, 0.05) is 32.9 Å². The van der Waals surface area contributed by atoms with Gasteiger partial charge in [-0.15, -0.1) is 0 Å². The first-order chi connectivity index (χ1) is 9.36. The monoisotopic (exact) mass is 283 g/mol. The van der Waals surface area contributed by atoms with Crippen molar-refractivity contribution in [1.29, 1.82) is 0 Å². The Kier molecular flexibility index (Phi) is 5.69. The highest BCUT2D eigenvalue weighted by atomic mass is 16.5. The molecule has 1 amide bonds. The fourth-order valence-corrected chi connectivity index (χ4v) is 1.86. The van der Waals surface area contributed by atoms with Crippen LogP contribution in [-0.2, 0) is 16.6 Å². The van der Waals surface area contributed by atoms with Crippen LogP contribution in [0.5, 0.6) is 0 Å². The maximum atomic E-state index is 12.0. The first kappa shape index (κ1) is 16.2. The summed E-state index contributed by atoms with van der Waals surface area (Å²) in [5, 5.41) is 15.6. The molecular formula is C13H21N3O4. The predicted octanol–water partition coefficient (Wildman–Crippen LogP) is 0.763. The lowest BCUT2D eigenvalue weighted by Crippen LogP contribution is -2.41. The summed E-state index contributed by atoms with van der Waals surface area (Å²) >= 11 is 0. The molecule has 0 saturated heterocycles. The van der Waals surface area contributed by atoms with E-state index in [4.69, 9.17) is 9.84 Å². The topological polar surface area (TPSA) is 93.5 Å². The van der Waals surface area contributed by atoms with Gasteiger partial charge in [0.1, 0.15) is 11.7 Å². The SMILES string of the molecule is COCCC(NC(=O)c1cc(C(C)C)n(C)n1)C(=O)O. The van der Waals surface area contributed by atoms with E-state index >= 15 is 0 Å². The minimum atomic E-state index is -1.09. The second-order valence-corrected chi connectivity index (χ2v) is 4.88. The zero-order valence-electron chi connectivity index (χ0n) is 12.2. The van der Waals surface area contributed by atoms with E-state index in [1.807, 2.05) is 13.8 Å². The number of carboxylic acids is 1. The standard InChI is InChI=1S/C13H21N3O4/c1-8(2)11-7-10(15-16(11)3)12(17)14-9(13(18)19)5-6-20-4/h7-9H,5-6H2,1-4H3,(H,14,17)(H,18,19). The van der Waals surface area contributed by atoms with Crippen LogP contribution in [0.25, 0.3) is 0 Å². The molecule has 1 heterocycles. The van der Waals surface area contributed by atoms with Crippen molar-refractivity contribution in [2.45, 2.75) is 32.2 Å². The van der Waals surface area contributed by atoms with Crippen LogP contribution in [0.2, 0.25) is 0 Å². The Hall–Kier alpha value is -1.89. The number of methoxy groups -OCH3 is 1. The summed E-state index contributed by atoms with van der Waals surface area (Å²) in [6, 6.07) is 0.696. The Labute approximate surface area is 117 Å². The second-order valence-electron chi connectivity index (χ2n) is 4.88. The molecule has 0 bridgehead atoms. The third-order valence-corrected chi connectivity index (χ3v) is 2.95. The van der Waals surface area contributed by atoms with Crippen molar-refractivity contribution in [3.8, 4) is 0 Å². The Bertz CT molecular complexity index is 482. The highest BCUT2D eigenvalue weighted by Gasteiger charge is 2.22. The van der Waals surface area contributed by atoms with Crippen molar-refractivity contribution in [2.75, 3.05) is 13.7 Å². The molecule has 0 aliphatic heterocycles. The van der Waals surface area contributed by atoms with Gasteiger partial charge in [-0.3, -0.25) is 9.48 Å². The smallest absolute Gasteiger partial charge is 0.326 e. The third kappa shape index (κ3) is 4.06. The van der Waals surface area contributed by atoms with Gasteiger partial charge in [-0.05, 0) is 12.0 Å². The lowest BCUT2D eigenvalue weighted by atomic mass is 10.1. The van der Waals surface area contributed by atoms with Gasteiger partial charge in [-0.25, -0.2) is 4.79 Å². The summed E-state index contributed by atoms with van der Waals surface area (Å²) in [4.78, 5) is 23.1. The first-order valence-corrected chi connectivity index (χ1v) is 6.43. The van der Waals surface area contributed by atoms with Crippen LogP contribution in [0.15, 0.2) is 6.07 Å². The van der Waals surface area contributed by atoms with E-state index in [1.165, 1.54) is 7.11 Å². The molecule has 0 saturated carbocycles. The molecule has 1 aromatic heterocycles. The molecule has 2 N–H and O–H groups in total. The van der Waals surface area contributed by atoms with E-state index in [0.717, 1.165) is 5.69 Å². The maximum Gasteiger partial charge on any atom is 0.326 e. The molecule has 0 aliphatic rings. The number of aryl methyl sites for hydroxylation is 1. The Balaban J connectivity index is 2.78. The average molecular weight is 283 g/mol. The lowest BCUT2D eigenvalue weighted by Gasteiger charge is -2.12. The summed E-state index contributed by atoms with van der Waals surface area (Å²) in [5.74, 6) is -1.34. The van der Waals surface area contributed by atoms with Crippen molar-refractivity contribution in [3.05, 3.63) is 17.5 Å². The molecule has 112 valence electrons. The van der Waals surface area contributed by atoms with Crippen LogP contribution in [-0.4, -0.2) is 46.5 Å². The number of ether oxygens (including phenoxy) is 1. The predicted molar refractivity (Wildman–Crippen MR) is 72.7 cm³/mol.